The molecule has 1 rings (SSSR count). The zero-order chi connectivity index (χ0) is 15.9. The Morgan fingerprint density at radius 3 is 2.38 bits per heavy atom. The molecule has 1 saturated carbocycles. The minimum absolute atomic E-state index is 0.0911. The highest BCUT2D eigenvalue weighted by Crippen LogP contribution is 2.30. The van der Waals surface area contributed by atoms with Crippen LogP contribution in [0.3, 0.4) is 0 Å². The van der Waals surface area contributed by atoms with E-state index in [1.54, 1.807) is 0 Å². The molecule has 1 atom stereocenters. The van der Waals surface area contributed by atoms with E-state index in [1.807, 2.05) is 13.8 Å². The molecule has 6 heteroatoms. The van der Waals surface area contributed by atoms with Crippen LogP contribution in [0, 0.1) is 11.3 Å². The second-order valence-corrected chi connectivity index (χ2v) is 5.89. The highest BCUT2D eigenvalue weighted by Gasteiger charge is 2.38. The van der Waals surface area contributed by atoms with E-state index >= 15 is 0 Å². The van der Waals surface area contributed by atoms with Gasteiger partial charge in [0.05, 0.1) is 12.6 Å². The zero-order valence-corrected chi connectivity index (χ0v) is 13.0. The lowest BCUT2D eigenvalue weighted by Crippen LogP contribution is -2.45. The maximum atomic E-state index is 12.5. The molecule has 0 heterocycles. The van der Waals surface area contributed by atoms with Crippen LogP contribution in [0.1, 0.15) is 52.4 Å². The molecule has 1 fully saturated rings. The normalized spacial score (nSPS) is 18.5. The van der Waals surface area contributed by atoms with Gasteiger partial charge in [-0.15, -0.1) is 0 Å². The summed E-state index contributed by atoms with van der Waals surface area (Å²) in [5.74, 6) is 0. The van der Waals surface area contributed by atoms with Crippen LogP contribution in [-0.2, 0) is 0 Å². The molecule has 0 radical (unpaired) electrons. The Bertz CT molecular complexity index is 347. The van der Waals surface area contributed by atoms with Crippen LogP contribution in [0.25, 0.3) is 0 Å². The number of hydrogen-bond donors (Lipinski definition) is 1. The summed E-state index contributed by atoms with van der Waals surface area (Å²) in [6.45, 7) is 4.33. The predicted molar refractivity (Wildman–Crippen MR) is 76.8 cm³/mol. The largest absolute Gasteiger partial charge is 0.401 e. The first-order chi connectivity index (χ1) is 9.86. The van der Waals surface area contributed by atoms with Crippen molar-refractivity contribution in [2.24, 2.45) is 0 Å². The van der Waals surface area contributed by atoms with Crippen LogP contribution in [0.2, 0.25) is 0 Å². The van der Waals surface area contributed by atoms with Crippen molar-refractivity contribution in [1.29, 1.82) is 5.26 Å². The minimum Gasteiger partial charge on any atom is -0.299 e. The second-order valence-electron chi connectivity index (χ2n) is 5.89. The molecule has 1 N–H and O–H groups in total. The topological polar surface area (TPSA) is 39.1 Å². The molecule has 0 aliphatic heterocycles. The first-order valence-electron chi connectivity index (χ1n) is 7.83. The highest BCUT2D eigenvalue weighted by atomic mass is 19.4. The van der Waals surface area contributed by atoms with Gasteiger partial charge >= 0.3 is 6.18 Å². The number of halogens is 3. The Kier molecular flexibility index (Phi) is 6.95. The number of hydrogen-bond acceptors (Lipinski definition) is 3. The van der Waals surface area contributed by atoms with Crippen molar-refractivity contribution in [3.05, 3.63) is 0 Å². The third-order valence-corrected chi connectivity index (χ3v) is 4.03. The predicted octanol–water partition coefficient (Wildman–Crippen LogP) is 3.47. The van der Waals surface area contributed by atoms with E-state index in [4.69, 9.17) is 0 Å². The van der Waals surface area contributed by atoms with E-state index in [1.165, 1.54) is 4.90 Å². The smallest absolute Gasteiger partial charge is 0.299 e. The van der Waals surface area contributed by atoms with E-state index in [9.17, 15) is 18.4 Å². The molecule has 1 aliphatic carbocycles. The van der Waals surface area contributed by atoms with Gasteiger partial charge in [0.25, 0.3) is 0 Å². The van der Waals surface area contributed by atoms with Crippen LogP contribution in [0.4, 0.5) is 13.2 Å². The third kappa shape index (κ3) is 6.66. The summed E-state index contributed by atoms with van der Waals surface area (Å²) in [7, 11) is 0. The first-order valence-corrected chi connectivity index (χ1v) is 7.83. The molecule has 0 aromatic carbocycles. The molecule has 3 nitrogen and oxygen atoms in total. The highest BCUT2D eigenvalue weighted by molar-refractivity contribution is 5.06. The second kappa shape index (κ2) is 8.00. The third-order valence-electron chi connectivity index (χ3n) is 4.03. The molecular weight excluding hydrogens is 279 g/mol. The number of nitrogens with one attached hydrogen (secondary N) is 1. The van der Waals surface area contributed by atoms with Crippen molar-refractivity contribution in [2.45, 2.75) is 70.1 Å². The van der Waals surface area contributed by atoms with Gasteiger partial charge in [-0.05, 0) is 51.6 Å². The maximum Gasteiger partial charge on any atom is 0.401 e. The van der Waals surface area contributed by atoms with Crippen molar-refractivity contribution in [1.82, 2.24) is 10.2 Å². The van der Waals surface area contributed by atoms with E-state index in [0.29, 0.717) is 25.8 Å². The Hall–Kier alpha value is -0.800. The van der Waals surface area contributed by atoms with Gasteiger partial charge < -0.3 is 0 Å². The van der Waals surface area contributed by atoms with E-state index in [-0.39, 0.29) is 6.04 Å². The van der Waals surface area contributed by atoms with Gasteiger partial charge in [-0.2, -0.15) is 18.4 Å². The van der Waals surface area contributed by atoms with Gasteiger partial charge in [-0.25, -0.2) is 0 Å². The maximum absolute atomic E-state index is 12.5. The van der Waals surface area contributed by atoms with Crippen LogP contribution in [-0.4, -0.2) is 42.3 Å². The van der Waals surface area contributed by atoms with Gasteiger partial charge in [0.2, 0.25) is 0 Å². The molecule has 0 aromatic rings. The molecule has 1 aliphatic rings. The fourth-order valence-electron chi connectivity index (χ4n) is 2.57. The summed E-state index contributed by atoms with van der Waals surface area (Å²) in [6.07, 6.45) is 0.409. The molecule has 0 amide bonds. The summed E-state index contributed by atoms with van der Waals surface area (Å²) in [5, 5.41) is 12.6. The monoisotopic (exact) mass is 305 g/mol. The fraction of sp³-hybridized carbons (Fsp3) is 0.933. The zero-order valence-electron chi connectivity index (χ0n) is 13.0. The van der Waals surface area contributed by atoms with E-state index in [0.717, 1.165) is 25.8 Å². The quantitative estimate of drug-likeness (QED) is 0.672. The molecule has 0 spiro atoms. The Labute approximate surface area is 125 Å². The fourth-order valence-corrected chi connectivity index (χ4v) is 2.57. The van der Waals surface area contributed by atoms with Crippen LogP contribution < -0.4 is 5.32 Å². The van der Waals surface area contributed by atoms with Crippen LogP contribution in [0.5, 0.6) is 0 Å². The molecule has 0 saturated heterocycles. The average molecular weight is 305 g/mol. The summed E-state index contributed by atoms with van der Waals surface area (Å²) < 4.78 is 37.6. The van der Waals surface area contributed by atoms with Crippen LogP contribution in [0.15, 0.2) is 0 Å². The van der Waals surface area contributed by atoms with Crippen molar-refractivity contribution in [3.8, 4) is 6.07 Å². The lowest BCUT2D eigenvalue weighted by atomic mass is 9.91. The van der Waals surface area contributed by atoms with Gasteiger partial charge in [0.1, 0.15) is 5.54 Å². The summed E-state index contributed by atoms with van der Waals surface area (Å²) >= 11 is 0. The Morgan fingerprint density at radius 1 is 1.29 bits per heavy atom. The van der Waals surface area contributed by atoms with Gasteiger partial charge in [-0.3, -0.25) is 10.2 Å². The number of alkyl halides is 3. The van der Waals surface area contributed by atoms with Crippen molar-refractivity contribution >= 4 is 0 Å². The van der Waals surface area contributed by atoms with Gasteiger partial charge in [0.15, 0.2) is 0 Å². The Morgan fingerprint density at radius 2 is 1.95 bits per heavy atom. The summed E-state index contributed by atoms with van der Waals surface area (Å²) in [4.78, 5) is 1.53. The SMILES string of the molecule is CCCNC(C#N)(CC)CCCN(CC(F)(F)F)C1CC1. The molecule has 0 aromatic heterocycles. The van der Waals surface area contributed by atoms with Gasteiger partial charge in [-0.1, -0.05) is 13.8 Å². The number of nitrogens with zero attached hydrogens (tertiary/aromatic N) is 2. The van der Waals surface area contributed by atoms with E-state index < -0.39 is 18.3 Å². The van der Waals surface area contributed by atoms with Crippen LogP contribution >= 0.6 is 0 Å². The van der Waals surface area contributed by atoms with Crippen molar-refractivity contribution < 1.29 is 13.2 Å². The minimum atomic E-state index is -4.14. The summed E-state index contributed by atoms with van der Waals surface area (Å²) in [5.41, 5.74) is -0.594. The molecule has 0 bridgehead atoms. The molecule has 122 valence electrons. The standard InChI is InChI=1S/C15H26F3N3/c1-3-9-20-14(4-2,11-19)8-5-10-21(13-6-7-13)12-15(16,17)18/h13,20H,3-10,12H2,1-2H3. The molecular formula is C15H26F3N3. The average Bonchev–Trinajstić information content (AvgIpc) is 3.25. The van der Waals surface area contributed by atoms with E-state index in [2.05, 4.69) is 11.4 Å². The molecule has 21 heavy (non-hydrogen) atoms. The van der Waals surface area contributed by atoms with Gasteiger partial charge in [0, 0.05) is 6.04 Å². The molecule has 1 unspecified atom stereocenters. The number of rotatable bonds is 10. The lowest BCUT2D eigenvalue weighted by Gasteiger charge is -2.29. The lowest BCUT2D eigenvalue weighted by molar-refractivity contribution is -0.147. The van der Waals surface area contributed by atoms with Crippen molar-refractivity contribution in [2.75, 3.05) is 19.6 Å². The number of nitriles is 1. The van der Waals surface area contributed by atoms with Crippen molar-refractivity contribution in [3.63, 3.8) is 0 Å². The summed E-state index contributed by atoms with van der Waals surface area (Å²) in [6, 6.07) is 2.41. The first kappa shape index (κ1) is 18.2. The Balaban J connectivity index is 2.45.